The molecule has 1 aromatic heterocycles. The van der Waals surface area contributed by atoms with Crippen LogP contribution in [0, 0.1) is 4.77 Å². The molecule has 5 nitrogen and oxygen atoms in total. The second-order valence-corrected chi connectivity index (χ2v) is 6.23. The second kappa shape index (κ2) is 8.01. The fourth-order valence-electron chi connectivity index (χ4n) is 2.74. The molecular formula is C20H21N3O2S. The summed E-state index contributed by atoms with van der Waals surface area (Å²) in [7, 11) is 0. The number of aromatic nitrogens is 2. The van der Waals surface area contributed by atoms with Gasteiger partial charge < -0.3 is 15.0 Å². The highest BCUT2D eigenvalue weighted by atomic mass is 32.1. The number of nitrogens with zero attached hydrogens (tertiary/aromatic N) is 1. The number of rotatable bonds is 6. The van der Waals surface area contributed by atoms with E-state index in [1.807, 2.05) is 68.4 Å². The summed E-state index contributed by atoms with van der Waals surface area (Å²) in [5, 5.41) is 3.02. The molecule has 26 heavy (non-hydrogen) atoms. The maximum atomic E-state index is 12.8. The summed E-state index contributed by atoms with van der Waals surface area (Å²) in [5.74, 6) is 0.626. The molecule has 0 saturated carbocycles. The van der Waals surface area contributed by atoms with Gasteiger partial charge in [0.25, 0.3) is 5.91 Å². The van der Waals surface area contributed by atoms with Gasteiger partial charge in [0.1, 0.15) is 11.4 Å². The van der Waals surface area contributed by atoms with Crippen LogP contribution in [0.3, 0.4) is 0 Å². The summed E-state index contributed by atoms with van der Waals surface area (Å²) >= 11 is 5.33. The van der Waals surface area contributed by atoms with Crippen molar-refractivity contribution in [3.05, 3.63) is 76.8 Å². The van der Waals surface area contributed by atoms with E-state index in [-0.39, 0.29) is 11.9 Å². The molecule has 0 saturated heterocycles. The molecule has 3 aromatic rings. The number of aromatic amines is 1. The Hall–Kier alpha value is -2.86. The first kappa shape index (κ1) is 17.9. The highest BCUT2D eigenvalue weighted by molar-refractivity contribution is 7.71. The Kier molecular flexibility index (Phi) is 5.53. The molecule has 0 aliphatic heterocycles. The van der Waals surface area contributed by atoms with Gasteiger partial charge in [0.15, 0.2) is 4.77 Å². The topological polar surface area (TPSA) is 59.0 Å². The number of amides is 1. The third-order valence-electron chi connectivity index (χ3n) is 4.06. The fraction of sp³-hybridized carbons (Fsp3) is 0.200. The first-order valence-corrected chi connectivity index (χ1v) is 8.90. The second-order valence-electron chi connectivity index (χ2n) is 5.85. The normalized spacial score (nSPS) is 11.8. The number of hydrogen-bond acceptors (Lipinski definition) is 3. The largest absolute Gasteiger partial charge is 0.494 e. The van der Waals surface area contributed by atoms with Crippen LogP contribution in [0.25, 0.3) is 5.69 Å². The first-order valence-electron chi connectivity index (χ1n) is 8.49. The number of H-pyrrole nitrogens is 1. The molecule has 1 heterocycles. The van der Waals surface area contributed by atoms with E-state index in [9.17, 15) is 4.79 Å². The smallest absolute Gasteiger partial charge is 0.270 e. The van der Waals surface area contributed by atoms with Crippen LogP contribution in [0.4, 0.5) is 0 Å². The molecule has 6 heteroatoms. The Morgan fingerprint density at radius 1 is 1.19 bits per heavy atom. The minimum Gasteiger partial charge on any atom is -0.494 e. The molecule has 0 radical (unpaired) electrons. The van der Waals surface area contributed by atoms with Crippen molar-refractivity contribution in [1.29, 1.82) is 0 Å². The number of nitrogens with one attached hydrogen (secondary N) is 2. The Labute approximate surface area is 157 Å². The van der Waals surface area contributed by atoms with Crippen LogP contribution in [-0.2, 0) is 0 Å². The third-order valence-corrected chi connectivity index (χ3v) is 4.36. The van der Waals surface area contributed by atoms with E-state index in [4.69, 9.17) is 17.0 Å². The predicted octanol–water partition coefficient (Wildman–Crippen LogP) is 4.42. The number of hydrogen-bond donors (Lipinski definition) is 2. The highest BCUT2D eigenvalue weighted by Crippen LogP contribution is 2.19. The summed E-state index contributed by atoms with van der Waals surface area (Å²) in [6, 6.07) is 17.1. The zero-order valence-corrected chi connectivity index (χ0v) is 15.5. The van der Waals surface area contributed by atoms with Gasteiger partial charge in [-0.05, 0) is 55.9 Å². The fourth-order valence-corrected chi connectivity index (χ4v) is 3.01. The summed E-state index contributed by atoms with van der Waals surface area (Å²) in [6.45, 7) is 4.52. The van der Waals surface area contributed by atoms with E-state index in [1.165, 1.54) is 0 Å². The minimum atomic E-state index is -0.192. The molecule has 0 aliphatic rings. The van der Waals surface area contributed by atoms with Gasteiger partial charge >= 0.3 is 0 Å². The van der Waals surface area contributed by atoms with Gasteiger partial charge in [0, 0.05) is 11.9 Å². The van der Waals surface area contributed by atoms with Crippen molar-refractivity contribution in [3.63, 3.8) is 0 Å². The molecule has 2 N–H and O–H groups in total. The SMILES string of the molecule is CCOc1ccc(C(C)NC(=O)c2c[nH]c(=S)n2-c2ccccc2)cc1. The van der Waals surface area contributed by atoms with Crippen molar-refractivity contribution < 1.29 is 9.53 Å². The molecule has 0 aliphatic carbocycles. The van der Waals surface area contributed by atoms with Gasteiger partial charge in [-0.15, -0.1) is 0 Å². The van der Waals surface area contributed by atoms with E-state index in [0.29, 0.717) is 17.1 Å². The number of imidazole rings is 1. The molecular weight excluding hydrogens is 346 g/mol. The Morgan fingerprint density at radius 3 is 2.54 bits per heavy atom. The molecule has 0 fully saturated rings. The van der Waals surface area contributed by atoms with Crippen LogP contribution in [-0.4, -0.2) is 22.1 Å². The summed E-state index contributed by atoms with van der Waals surface area (Å²) < 4.78 is 7.67. The van der Waals surface area contributed by atoms with Crippen molar-refractivity contribution in [3.8, 4) is 11.4 Å². The lowest BCUT2D eigenvalue weighted by Gasteiger charge is -2.16. The maximum absolute atomic E-state index is 12.8. The number of ether oxygens (including phenoxy) is 1. The van der Waals surface area contributed by atoms with Crippen molar-refractivity contribution in [2.24, 2.45) is 0 Å². The predicted molar refractivity (Wildman–Crippen MR) is 104 cm³/mol. The monoisotopic (exact) mass is 367 g/mol. The van der Waals surface area contributed by atoms with Crippen molar-refractivity contribution in [1.82, 2.24) is 14.9 Å². The Bertz CT molecular complexity index is 930. The zero-order valence-electron chi connectivity index (χ0n) is 14.7. The quantitative estimate of drug-likeness (QED) is 0.634. The van der Waals surface area contributed by atoms with Crippen LogP contribution < -0.4 is 10.1 Å². The zero-order chi connectivity index (χ0) is 18.5. The first-order chi connectivity index (χ1) is 12.6. The molecule has 134 valence electrons. The maximum Gasteiger partial charge on any atom is 0.270 e. The lowest BCUT2D eigenvalue weighted by molar-refractivity contribution is 0.0933. The summed E-state index contributed by atoms with van der Waals surface area (Å²) in [5.41, 5.74) is 2.32. The van der Waals surface area contributed by atoms with E-state index < -0.39 is 0 Å². The van der Waals surface area contributed by atoms with Gasteiger partial charge in [-0.2, -0.15) is 0 Å². The molecule has 0 bridgehead atoms. The van der Waals surface area contributed by atoms with Crippen LogP contribution in [0.5, 0.6) is 5.75 Å². The molecule has 2 aromatic carbocycles. The summed E-state index contributed by atoms with van der Waals surface area (Å²) in [6.07, 6.45) is 1.63. The van der Waals surface area contributed by atoms with Crippen LogP contribution >= 0.6 is 12.2 Å². The molecule has 1 amide bonds. The van der Waals surface area contributed by atoms with Gasteiger partial charge in [0.05, 0.1) is 12.6 Å². The van der Waals surface area contributed by atoms with Crippen molar-refractivity contribution in [2.75, 3.05) is 6.61 Å². The van der Waals surface area contributed by atoms with Crippen molar-refractivity contribution in [2.45, 2.75) is 19.9 Å². The lowest BCUT2D eigenvalue weighted by atomic mass is 10.1. The van der Waals surface area contributed by atoms with E-state index in [0.717, 1.165) is 17.0 Å². The number of benzene rings is 2. The number of carbonyl (C=O) groups excluding carboxylic acids is 1. The molecule has 0 spiro atoms. The average Bonchev–Trinajstić information content (AvgIpc) is 3.05. The van der Waals surface area contributed by atoms with Gasteiger partial charge in [-0.1, -0.05) is 30.3 Å². The molecule has 3 rings (SSSR count). The summed E-state index contributed by atoms with van der Waals surface area (Å²) in [4.78, 5) is 15.7. The Morgan fingerprint density at radius 2 is 1.88 bits per heavy atom. The van der Waals surface area contributed by atoms with E-state index in [2.05, 4.69) is 10.3 Å². The van der Waals surface area contributed by atoms with E-state index >= 15 is 0 Å². The van der Waals surface area contributed by atoms with Crippen molar-refractivity contribution >= 4 is 18.1 Å². The molecule has 1 atom stereocenters. The minimum absolute atomic E-state index is 0.147. The molecule has 1 unspecified atom stereocenters. The average molecular weight is 367 g/mol. The number of carbonyl (C=O) groups is 1. The van der Waals surface area contributed by atoms with Gasteiger partial charge in [-0.3, -0.25) is 9.36 Å². The van der Waals surface area contributed by atoms with E-state index in [1.54, 1.807) is 10.8 Å². The van der Waals surface area contributed by atoms with Crippen LogP contribution in [0.2, 0.25) is 0 Å². The van der Waals surface area contributed by atoms with Crippen LogP contribution in [0.1, 0.15) is 35.9 Å². The Balaban J connectivity index is 1.79. The van der Waals surface area contributed by atoms with Gasteiger partial charge in [0.2, 0.25) is 0 Å². The standard InChI is InChI=1S/C20H21N3O2S/c1-3-25-17-11-9-15(10-12-17)14(2)22-19(24)18-13-21-20(26)23(18)16-7-5-4-6-8-16/h4-14H,3H2,1-2H3,(H,21,26)(H,22,24). The highest BCUT2D eigenvalue weighted by Gasteiger charge is 2.17. The van der Waals surface area contributed by atoms with Crippen LogP contribution in [0.15, 0.2) is 60.8 Å². The number of para-hydroxylation sites is 1. The lowest BCUT2D eigenvalue weighted by Crippen LogP contribution is -2.28. The van der Waals surface area contributed by atoms with Gasteiger partial charge in [-0.25, -0.2) is 0 Å². The third kappa shape index (κ3) is 3.86.